The summed E-state index contributed by atoms with van der Waals surface area (Å²) in [5.41, 5.74) is 0. The Kier molecular flexibility index (Phi) is 4.84. The first-order valence-electron chi connectivity index (χ1n) is 2.64. The second kappa shape index (κ2) is 4.57. The third-order valence-electron chi connectivity index (χ3n) is 0.585. The van der Waals surface area contributed by atoms with Gasteiger partial charge < -0.3 is 0 Å². The van der Waals surface area contributed by atoms with Crippen LogP contribution in [0.5, 0.6) is 0 Å². The third kappa shape index (κ3) is 6.41. The first-order chi connectivity index (χ1) is 3.27. The molecule has 0 aromatic carbocycles. The van der Waals surface area contributed by atoms with Crippen LogP contribution in [0.2, 0.25) is 0 Å². The third-order valence-corrected chi connectivity index (χ3v) is 1.75. The maximum atomic E-state index is 5.44. The van der Waals surface area contributed by atoms with Crippen molar-refractivity contribution in [2.24, 2.45) is 0 Å². The van der Waals surface area contributed by atoms with Crippen molar-refractivity contribution < 1.29 is 0 Å². The number of hydrogen-bond donors (Lipinski definition) is 0. The molecule has 40 valence electrons. The van der Waals surface area contributed by atoms with E-state index < -0.39 is 0 Å². The largest absolute Gasteiger partial charge is 0.169 e. The smallest absolute Gasteiger partial charge is 0.0842 e. The molecular weight excluding hydrogens is 103 g/mol. The highest BCUT2D eigenvalue weighted by Gasteiger charge is 1.88. The predicted octanol–water partition coefficient (Wildman–Crippen LogP) is 1.64. The quantitative estimate of drug-likeness (QED) is 0.502. The average molecular weight is 114 g/mol. The lowest BCUT2D eigenvalue weighted by Gasteiger charge is -1.99. The number of rotatable bonds is 3. The molecule has 0 aliphatic rings. The first-order valence-corrected chi connectivity index (χ1v) is 3.69. The molecule has 0 rings (SSSR count). The molecule has 0 nitrogen and oxygen atoms in total. The zero-order valence-electron chi connectivity index (χ0n) is 4.98. The molecule has 0 bridgehead atoms. The van der Waals surface area contributed by atoms with Crippen LogP contribution >= 0.6 is 11.8 Å². The fourth-order valence-electron chi connectivity index (χ4n) is 0.304. The van der Waals surface area contributed by atoms with Crippen molar-refractivity contribution in [3.8, 4) is 0 Å². The molecule has 2 heteroatoms. The predicted molar refractivity (Wildman–Crippen MR) is 38.0 cm³/mol. The topological polar surface area (TPSA) is 0 Å². The van der Waals surface area contributed by atoms with Gasteiger partial charge in [0, 0.05) is 0 Å². The summed E-state index contributed by atoms with van der Waals surface area (Å²) in [5.74, 6) is 1.19. The summed E-state index contributed by atoms with van der Waals surface area (Å²) in [5, 5.41) is 0.319. The monoisotopic (exact) mass is 114 g/mol. The van der Waals surface area contributed by atoms with Crippen LogP contribution in [-0.4, -0.2) is 18.7 Å². The van der Waals surface area contributed by atoms with E-state index in [1.54, 1.807) is 0 Å². The van der Waals surface area contributed by atoms with Crippen molar-refractivity contribution in [2.75, 3.05) is 5.75 Å². The second-order valence-electron chi connectivity index (χ2n) is 1.58. The summed E-state index contributed by atoms with van der Waals surface area (Å²) in [6.07, 6.45) is 1.23. The van der Waals surface area contributed by atoms with Crippen molar-refractivity contribution >= 4 is 19.6 Å². The van der Waals surface area contributed by atoms with Gasteiger partial charge in [-0.3, -0.25) is 0 Å². The van der Waals surface area contributed by atoms with Crippen LogP contribution in [0.3, 0.4) is 0 Å². The van der Waals surface area contributed by atoms with Crippen LogP contribution in [-0.2, 0) is 0 Å². The molecule has 2 radical (unpaired) electrons. The van der Waals surface area contributed by atoms with Gasteiger partial charge in [-0.25, -0.2) is 0 Å². The Labute approximate surface area is 51.5 Å². The minimum absolute atomic E-state index is 0.319. The molecule has 0 aromatic rings. The summed E-state index contributed by atoms with van der Waals surface area (Å²) in [4.78, 5) is 0. The fraction of sp³-hybridized carbons (Fsp3) is 1.00. The molecule has 0 saturated carbocycles. The van der Waals surface area contributed by atoms with E-state index in [-0.39, 0.29) is 0 Å². The van der Waals surface area contributed by atoms with E-state index in [2.05, 4.69) is 6.92 Å². The van der Waals surface area contributed by atoms with E-state index in [0.29, 0.717) is 5.15 Å². The SMILES string of the molecule is [B]C(C)SCCC. The van der Waals surface area contributed by atoms with Crippen molar-refractivity contribution in [3.63, 3.8) is 0 Å². The Morgan fingerprint density at radius 2 is 2.29 bits per heavy atom. The van der Waals surface area contributed by atoms with Gasteiger partial charge in [0.2, 0.25) is 0 Å². The van der Waals surface area contributed by atoms with Crippen molar-refractivity contribution in [2.45, 2.75) is 25.4 Å². The molecule has 1 unspecified atom stereocenters. The van der Waals surface area contributed by atoms with Crippen molar-refractivity contribution in [3.05, 3.63) is 0 Å². The van der Waals surface area contributed by atoms with E-state index in [1.807, 2.05) is 18.7 Å². The number of hydrogen-bond acceptors (Lipinski definition) is 1. The lowest BCUT2D eigenvalue weighted by atomic mass is 10.1. The van der Waals surface area contributed by atoms with Gasteiger partial charge in [0.15, 0.2) is 0 Å². The standard InChI is InChI=1S/C5H11BS/c1-3-4-7-5(2)6/h5H,3-4H2,1-2H3. The lowest BCUT2D eigenvalue weighted by molar-refractivity contribution is 1.10. The van der Waals surface area contributed by atoms with E-state index in [9.17, 15) is 0 Å². The molecule has 0 aliphatic carbocycles. The zero-order valence-corrected chi connectivity index (χ0v) is 5.79. The zero-order chi connectivity index (χ0) is 5.70. The van der Waals surface area contributed by atoms with Crippen LogP contribution in [0.15, 0.2) is 0 Å². The molecule has 0 spiro atoms. The fourth-order valence-corrected chi connectivity index (χ4v) is 0.911. The van der Waals surface area contributed by atoms with Gasteiger partial charge in [0.25, 0.3) is 0 Å². The van der Waals surface area contributed by atoms with Crippen molar-refractivity contribution in [1.29, 1.82) is 0 Å². The summed E-state index contributed by atoms with van der Waals surface area (Å²) < 4.78 is 0. The van der Waals surface area contributed by atoms with Crippen LogP contribution in [0.4, 0.5) is 0 Å². The van der Waals surface area contributed by atoms with Gasteiger partial charge in [0.1, 0.15) is 0 Å². The highest BCUT2D eigenvalue weighted by Crippen LogP contribution is 2.06. The second-order valence-corrected chi connectivity index (χ2v) is 3.06. The summed E-state index contributed by atoms with van der Waals surface area (Å²) in [7, 11) is 5.44. The van der Waals surface area contributed by atoms with E-state index >= 15 is 0 Å². The molecule has 1 atom stereocenters. The Morgan fingerprint density at radius 3 is 2.43 bits per heavy atom. The maximum Gasteiger partial charge on any atom is 0.0842 e. The molecule has 0 aliphatic heterocycles. The molecule has 0 amide bonds. The minimum atomic E-state index is 0.319. The summed E-state index contributed by atoms with van der Waals surface area (Å²) in [6.45, 7) is 4.18. The maximum absolute atomic E-state index is 5.44. The molecule has 0 N–H and O–H groups in total. The van der Waals surface area contributed by atoms with E-state index in [0.717, 1.165) is 0 Å². The van der Waals surface area contributed by atoms with Gasteiger partial charge >= 0.3 is 0 Å². The highest BCUT2D eigenvalue weighted by atomic mass is 32.2. The molecule has 0 fully saturated rings. The van der Waals surface area contributed by atoms with Crippen LogP contribution < -0.4 is 0 Å². The lowest BCUT2D eigenvalue weighted by Crippen LogP contribution is -1.93. The number of thioether (sulfide) groups is 1. The molecule has 0 saturated heterocycles. The Morgan fingerprint density at radius 1 is 1.71 bits per heavy atom. The molecule has 0 aromatic heterocycles. The van der Waals surface area contributed by atoms with Crippen molar-refractivity contribution in [1.82, 2.24) is 0 Å². The normalized spacial score (nSPS) is 14.0. The van der Waals surface area contributed by atoms with Gasteiger partial charge in [-0.15, -0.1) is 0 Å². The van der Waals surface area contributed by atoms with Crippen LogP contribution in [0.25, 0.3) is 0 Å². The average Bonchev–Trinajstić information content (AvgIpc) is 1.61. The van der Waals surface area contributed by atoms with E-state index in [4.69, 9.17) is 7.85 Å². The summed E-state index contributed by atoms with van der Waals surface area (Å²) >= 11 is 1.81. The Balaban J connectivity index is 2.68. The first kappa shape index (κ1) is 7.41. The Hall–Kier alpha value is 0.415. The molecule has 0 heterocycles. The van der Waals surface area contributed by atoms with Gasteiger partial charge in [-0.1, -0.05) is 13.8 Å². The Bertz CT molecular complexity index is 37.1. The summed E-state index contributed by atoms with van der Waals surface area (Å²) in [6, 6.07) is 0. The van der Waals surface area contributed by atoms with Gasteiger partial charge in [-0.05, 0) is 17.3 Å². The minimum Gasteiger partial charge on any atom is -0.169 e. The van der Waals surface area contributed by atoms with Crippen LogP contribution in [0, 0.1) is 0 Å². The van der Waals surface area contributed by atoms with Gasteiger partial charge in [-0.2, -0.15) is 11.8 Å². The highest BCUT2D eigenvalue weighted by molar-refractivity contribution is 8.00. The molecule has 7 heavy (non-hydrogen) atoms. The van der Waals surface area contributed by atoms with E-state index in [1.165, 1.54) is 12.2 Å². The van der Waals surface area contributed by atoms with Gasteiger partial charge in [0.05, 0.1) is 7.85 Å². The van der Waals surface area contributed by atoms with Crippen LogP contribution in [0.1, 0.15) is 20.3 Å². The molecular formula is C5H11BS.